The van der Waals surface area contributed by atoms with Gasteiger partial charge in [-0.2, -0.15) is 0 Å². The number of benzene rings is 1. The van der Waals surface area contributed by atoms with Crippen LogP contribution in [0.25, 0.3) is 0 Å². The van der Waals surface area contributed by atoms with Gasteiger partial charge in [0.2, 0.25) is 10.0 Å². The van der Waals surface area contributed by atoms with E-state index in [0.29, 0.717) is 11.5 Å². The molecule has 1 aromatic carbocycles. The summed E-state index contributed by atoms with van der Waals surface area (Å²) in [5.41, 5.74) is 1.40. The van der Waals surface area contributed by atoms with Crippen LogP contribution in [0.3, 0.4) is 0 Å². The lowest BCUT2D eigenvalue weighted by molar-refractivity contribution is 0.0179. The molecule has 0 amide bonds. The molecule has 1 aromatic rings. The maximum Gasteiger partial charge on any atom is 0.238 e. The molecule has 6 heteroatoms. The van der Waals surface area contributed by atoms with E-state index in [-0.39, 0.29) is 10.5 Å². The first-order valence-corrected chi connectivity index (χ1v) is 9.71. The highest BCUT2D eigenvalue weighted by Crippen LogP contribution is 2.52. The topological polar surface area (TPSA) is 81.4 Å². The van der Waals surface area contributed by atoms with Crippen LogP contribution in [0.5, 0.6) is 0 Å². The fourth-order valence-electron chi connectivity index (χ4n) is 4.04. The molecule has 0 unspecified atom stereocenters. The second kappa shape index (κ2) is 5.84. The molecule has 5 nitrogen and oxygen atoms in total. The molecule has 1 aliphatic heterocycles. The third-order valence-corrected chi connectivity index (χ3v) is 5.91. The Kier molecular flexibility index (Phi) is 4.29. The minimum absolute atomic E-state index is 0.0269. The van der Waals surface area contributed by atoms with Gasteiger partial charge in [0.25, 0.3) is 0 Å². The van der Waals surface area contributed by atoms with E-state index in [1.165, 1.54) is 18.9 Å². The lowest BCUT2D eigenvalue weighted by atomic mass is 9.63. The SMILES string of the molecule is CC1(C)CC2(CO1)CC(NCCc1cccc(S(N)(=O)=O)c1)C2. The summed E-state index contributed by atoms with van der Waals surface area (Å²) in [6.07, 6.45) is 4.30. The summed E-state index contributed by atoms with van der Waals surface area (Å²) in [6, 6.07) is 7.42. The summed E-state index contributed by atoms with van der Waals surface area (Å²) in [6.45, 7) is 6.07. The van der Waals surface area contributed by atoms with Gasteiger partial charge in [-0.15, -0.1) is 0 Å². The average molecular weight is 338 g/mol. The molecule has 3 N–H and O–H groups in total. The van der Waals surface area contributed by atoms with Crippen LogP contribution in [0.1, 0.15) is 38.7 Å². The second-order valence-corrected chi connectivity index (χ2v) is 9.29. The van der Waals surface area contributed by atoms with Crippen molar-refractivity contribution in [1.29, 1.82) is 0 Å². The maximum absolute atomic E-state index is 11.4. The number of nitrogens with two attached hydrogens (primary N) is 1. The van der Waals surface area contributed by atoms with E-state index in [4.69, 9.17) is 9.88 Å². The van der Waals surface area contributed by atoms with Crippen LogP contribution in [-0.2, 0) is 21.2 Å². The van der Waals surface area contributed by atoms with Crippen molar-refractivity contribution < 1.29 is 13.2 Å². The van der Waals surface area contributed by atoms with Crippen LogP contribution >= 0.6 is 0 Å². The lowest BCUT2D eigenvalue weighted by Crippen LogP contribution is -2.50. The van der Waals surface area contributed by atoms with Gasteiger partial charge in [-0.25, -0.2) is 13.6 Å². The Morgan fingerprint density at radius 3 is 2.70 bits per heavy atom. The fourth-order valence-corrected chi connectivity index (χ4v) is 4.63. The molecule has 0 radical (unpaired) electrons. The van der Waals surface area contributed by atoms with E-state index in [0.717, 1.165) is 31.6 Å². The van der Waals surface area contributed by atoms with E-state index in [1.807, 2.05) is 6.07 Å². The van der Waals surface area contributed by atoms with Crippen molar-refractivity contribution in [3.8, 4) is 0 Å². The number of rotatable bonds is 5. The molecule has 1 aliphatic carbocycles. The Hall–Kier alpha value is -0.950. The van der Waals surface area contributed by atoms with Crippen molar-refractivity contribution >= 4 is 10.0 Å². The zero-order chi connectivity index (χ0) is 16.7. The van der Waals surface area contributed by atoms with Gasteiger partial charge in [0.15, 0.2) is 0 Å². The Morgan fingerprint density at radius 1 is 1.35 bits per heavy atom. The zero-order valence-corrected chi connectivity index (χ0v) is 14.7. The van der Waals surface area contributed by atoms with Crippen molar-refractivity contribution in [2.75, 3.05) is 13.2 Å². The Balaban J connectivity index is 1.45. The predicted molar refractivity (Wildman–Crippen MR) is 89.6 cm³/mol. The molecule has 1 saturated heterocycles. The molecular weight excluding hydrogens is 312 g/mol. The van der Waals surface area contributed by atoms with Crippen LogP contribution in [-0.4, -0.2) is 33.2 Å². The van der Waals surface area contributed by atoms with Crippen LogP contribution in [0, 0.1) is 5.41 Å². The first-order chi connectivity index (χ1) is 10.7. The van der Waals surface area contributed by atoms with Crippen LogP contribution in [0.2, 0.25) is 0 Å². The van der Waals surface area contributed by atoms with E-state index in [2.05, 4.69) is 19.2 Å². The number of nitrogens with one attached hydrogen (secondary N) is 1. The monoisotopic (exact) mass is 338 g/mol. The molecule has 2 fully saturated rings. The summed E-state index contributed by atoms with van der Waals surface area (Å²) < 4.78 is 28.6. The van der Waals surface area contributed by atoms with Crippen molar-refractivity contribution in [2.24, 2.45) is 10.6 Å². The molecule has 1 heterocycles. The molecular formula is C17H26N2O3S. The number of primary sulfonamides is 1. The molecule has 0 bridgehead atoms. The number of hydrogen-bond donors (Lipinski definition) is 2. The second-order valence-electron chi connectivity index (χ2n) is 7.73. The van der Waals surface area contributed by atoms with Crippen molar-refractivity contribution in [2.45, 2.75) is 56.1 Å². The summed E-state index contributed by atoms with van der Waals surface area (Å²) in [7, 11) is -3.62. The van der Waals surface area contributed by atoms with Crippen LogP contribution in [0.4, 0.5) is 0 Å². The molecule has 0 aromatic heterocycles. The molecule has 1 saturated carbocycles. The molecule has 2 aliphatic rings. The number of ether oxygens (including phenoxy) is 1. The van der Waals surface area contributed by atoms with Crippen molar-refractivity contribution in [1.82, 2.24) is 5.32 Å². The summed E-state index contributed by atoms with van der Waals surface area (Å²) in [4.78, 5) is 0.183. The summed E-state index contributed by atoms with van der Waals surface area (Å²) >= 11 is 0. The normalized spacial score (nSPS) is 29.6. The van der Waals surface area contributed by atoms with Crippen molar-refractivity contribution in [3.63, 3.8) is 0 Å². The van der Waals surface area contributed by atoms with E-state index < -0.39 is 10.0 Å². The van der Waals surface area contributed by atoms with Gasteiger partial charge >= 0.3 is 0 Å². The van der Waals surface area contributed by atoms with Gasteiger partial charge in [0, 0.05) is 6.04 Å². The summed E-state index contributed by atoms with van der Waals surface area (Å²) in [5, 5.41) is 8.73. The number of hydrogen-bond acceptors (Lipinski definition) is 4. The van der Waals surface area contributed by atoms with Gasteiger partial charge in [-0.1, -0.05) is 12.1 Å². The highest BCUT2D eigenvalue weighted by Gasteiger charge is 2.52. The highest BCUT2D eigenvalue weighted by atomic mass is 32.2. The van der Waals surface area contributed by atoms with E-state index in [1.54, 1.807) is 12.1 Å². The van der Waals surface area contributed by atoms with Gasteiger partial charge in [0.1, 0.15) is 0 Å². The third kappa shape index (κ3) is 3.94. The zero-order valence-electron chi connectivity index (χ0n) is 13.8. The Labute approximate surface area is 138 Å². The molecule has 128 valence electrons. The van der Waals surface area contributed by atoms with E-state index in [9.17, 15) is 8.42 Å². The van der Waals surface area contributed by atoms with Gasteiger partial charge in [-0.3, -0.25) is 0 Å². The standard InChI is InChI=1S/C17H26N2O3S/c1-16(2)11-17(12-22-16)9-14(10-17)19-7-6-13-4-3-5-15(8-13)23(18,20)21/h3-5,8,14,19H,6-7,9-12H2,1-2H3,(H2,18,20,21). The maximum atomic E-state index is 11.4. The quantitative estimate of drug-likeness (QED) is 0.858. The Morgan fingerprint density at radius 2 is 2.09 bits per heavy atom. The predicted octanol–water partition coefficient (Wildman–Crippen LogP) is 1.81. The first-order valence-electron chi connectivity index (χ1n) is 8.17. The molecule has 1 spiro atoms. The first kappa shape index (κ1) is 16.9. The van der Waals surface area contributed by atoms with Gasteiger partial charge in [0.05, 0.1) is 17.1 Å². The minimum Gasteiger partial charge on any atom is -0.375 e. The minimum atomic E-state index is -3.62. The molecule has 0 atom stereocenters. The van der Waals surface area contributed by atoms with Gasteiger partial charge in [-0.05, 0) is 69.2 Å². The molecule has 3 rings (SSSR count). The van der Waals surface area contributed by atoms with Crippen LogP contribution in [0.15, 0.2) is 29.2 Å². The van der Waals surface area contributed by atoms with Crippen molar-refractivity contribution in [3.05, 3.63) is 29.8 Å². The van der Waals surface area contributed by atoms with Gasteiger partial charge < -0.3 is 10.1 Å². The van der Waals surface area contributed by atoms with Crippen LogP contribution < -0.4 is 10.5 Å². The number of sulfonamides is 1. The van der Waals surface area contributed by atoms with E-state index >= 15 is 0 Å². The third-order valence-electron chi connectivity index (χ3n) is 5.00. The average Bonchev–Trinajstić information content (AvgIpc) is 2.74. The largest absolute Gasteiger partial charge is 0.375 e. The molecule has 23 heavy (non-hydrogen) atoms. The fraction of sp³-hybridized carbons (Fsp3) is 0.647. The highest BCUT2D eigenvalue weighted by molar-refractivity contribution is 7.89. The summed E-state index contributed by atoms with van der Waals surface area (Å²) in [5.74, 6) is 0. The lowest BCUT2D eigenvalue weighted by Gasteiger charge is -2.45. The smallest absolute Gasteiger partial charge is 0.238 e. The Bertz CT molecular complexity index is 679.